The largest absolute Gasteiger partial charge is 0.339 e. The van der Waals surface area contributed by atoms with Gasteiger partial charge in [0.05, 0.1) is 5.69 Å². The molecule has 0 radical (unpaired) electrons. The molecule has 0 fully saturated rings. The molecule has 0 saturated carbocycles. The molecule has 0 aliphatic rings. The van der Waals surface area contributed by atoms with Crippen molar-refractivity contribution in [2.45, 2.75) is 20.3 Å². The molecule has 2 aromatic rings. The lowest BCUT2D eigenvalue weighted by molar-refractivity contribution is 1.04. The summed E-state index contributed by atoms with van der Waals surface area (Å²) >= 11 is 3.54. The van der Waals surface area contributed by atoms with E-state index < -0.39 is 0 Å². The lowest BCUT2D eigenvalue weighted by Gasteiger charge is -2.13. The Morgan fingerprint density at radius 2 is 2.00 bits per heavy atom. The first-order valence-corrected chi connectivity index (χ1v) is 6.78. The van der Waals surface area contributed by atoms with Gasteiger partial charge in [-0.25, -0.2) is 15.8 Å². The van der Waals surface area contributed by atoms with Crippen molar-refractivity contribution in [3.63, 3.8) is 0 Å². The van der Waals surface area contributed by atoms with Crippen molar-refractivity contribution in [2.24, 2.45) is 5.84 Å². The first-order valence-electron chi connectivity index (χ1n) is 5.99. The number of nitrogens with two attached hydrogens (primary N) is 1. The number of aromatic nitrogens is 2. The van der Waals surface area contributed by atoms with Gasteiger partial charge in [0.1, 0.15) is 18.0 Å². The maximum Gasteiger partial charge on any atom is 0.148 e. The first-order chi connectivity index (χ1) is 9.15. The first kappa shape index (κ1) is 13.8. The van der Waals surface area contributed by atoms with Crippen LogP contribution in [0.1, 0.15) is 18.1 Å². The van der Waals surface area contributed by atoms with Gasteiger partial charge < -0.3 is 10.7 Å². The predicted octanol–water partition coefficient (Wildman–Crippen LogP) is 3.14. The Morgan fingerprint density at radius 3 is 2.63 bits per heavy atom. The molecule has 0 spiro atoms. The number of nitrogen functional groups attached to an aromatic ring is 1. The molecule has 0 amide bonds. The summed E-state index contributed by atoms with van der Waals surface area (Å²) in [4.78, 5) is 8.39. The highest BCUT2D eigenvalue weighted by Gasteiger charge is 2.10. The average Bonchev–Trinajstić information content (AvgIpc) is 2.41. The monoisotopic (exact) mass is 321 g/mol. The van der Waals surface area contributed by atoms with Gasteiger partial charge in [0.15, 0.2) is 0 Å². The van der Waals surface area contributed by atoms with E-state index >= 15 is 0 Å². The smallest absolute Gasteiger partial charge is 0.148 e. The van der Waals surface area contributed by atoms with E-state index in [2.05, 4.69) is 42.7 Å². The minimum absolute atomic E-state index is 0.642. The molecule has 0 unspecified atom stereocenters. The number of halogens is 1. The Balaban J connectivity index is 2.37. The lowest BCUT2D eigenvalue weighted by Crippen LogP contribution is -2.13. The number of benzene rings is 1. The minimum Gasteiger partial charge on any atom is -0.339 e. The highest BCUT2D eigenvalue weighted by atomic mass is 79.9. The highest BCUT2D eigenvalue weighted by molar-refractivity contribution is 9.10. The molecule has 4 N–H and O–H groups in total. The third kappa shape index (κ3) is 3.02. The topological polar surface area (TPSA) is 75.9 Å². The van der Waals surface area contributed by atoms with Crippen LogP contribution in [0.15, 0.2) is 29.0 Å². The van der Waals surface area contributed by atoms with E-state index in [4.69, 9.17) is 5.84 Å². The molecule has 0 aliphatic carbocycles. The van der Waals surface area contributed by atoms with Crippen molar-refractivity contribution >= 4 is 33.3 Å². The lowest BCUT2D eigenvalue weighted by atomic mass is 10.2. The van der Waals surface area contributed by atoms with Crippen molar-refractivity contribution in [3.05, 3.63) is 40.1 Å². The second-order valence-electron chi connectivity index (χ2n) is 4.16. The van der Waals surface area contributed by atoms with Crippen LogP contribution in [0.5, 0.6) is 0 Å². The molecule has 1 aromatic carbocycles. The van der Waals surface area contributed by atoms with Crippen molar-refractivity contribution < 1.29 is 0 Å². The van der Waals surface area contributed by atoms with Crippen LogP contribution < -0.4 is 16.6 Å². The summed E-state index contributed by atoms with van der Waals surface area (Å²) in [5, 5.41) is 3.30. The summed E-state index contributed by atoms with van der Waals surface area (Å²) in [6.45, 7) is 4.09. The van der Waals surface area contributed by atoms with E-state index in [0.29, 0.717) is 5.82 Å². The van der Waals surface area contributed by atoms with Gasteiger partial charge in [0, 0.05) is 10.0 Å². The number of hydrogen-bond donors (Lipinski definition) is 3. The fourth-order valence-electron chi connectivity index (χ4n) is 1.83. The van der Waals surface area contributed by atoms with Gasteiger partial charge in [0.2, 0.25) is 0 Å². The quantitative estimate of drug-likeness (QED) is 0.595. The van der Waals surface area contributed by atoms with Crippen molar-refractivity contribution in [2.75, 3.05) is 10.7 Å². The molecule has 6 heteroatoms. The molecule has 19 heavy (non-hydrogen) atoms. The molecule has 5 nitrogen and oxygen atoms in total. The zero-order chi connectivity index (χ0) is 13.8. The molecular weight excluding hydrogens is 306 g/mol. The van der Waals surface area contributed by atoms with Gasteiger partial charge in [-0.15, -0.1) is 0 Å². The summed E-state index contributed by atoms with van der Waals surface area (Å²) < 4.78 is 0.996. The van der Waals surface area contributed by atoms with Crippen LogP contribution in [0.25, 0.3) is 0 Å². The number of nitrogens with zero attached hydrogens (tertiary/aromatic N) is 2. The van der Waals surface area contributed by atoms with Crippen molar-refractivity contribution in [3.8, 4) is 0 Å². The van der Waals surface area contributed by atoms with Crippen molar-refractivity contribution in [1.29, 1.82) is 0 Å². The van der Waals surface area contributed by atoms with Crippen LogP contribution in [0.3, 0.4) is 0 Å². The third-order valence-electron chi connectivity index (χ3n) is 2.81. The molecule has 1 heterocycles. The van der Waals surface area contributed by atoms with Crippen LogP contribution in [0.2, 0.25) is 0 Å². The molecule has 1 aromatic heterocycles. The Bertz CT molecular complexity index is 585. The van der Waals surface area contributed by atoms with Crippen LogP contribution in [0.4, 0.5) is 17.3 Å². The van der Waals surface area contributed by atoms with E-state index in [1.807, 2.05) is 26.0 Å². The summed E-state index contributed by atoms with van der Waals surface area (Å²) in [7, 11) is 0. The maximum atomic E-state index is 5.46. The van der Waals surface area contributed by atoms with Gasteiger partial charge >= 0.3 is 0 Å². The van der Waals surface area contributed by atoms with E-state index in [1.165, 1.54) is 11.9 Å². The fourth-order valence-corrected chi connectivity index (χ4v) is 2.42. The molecule has 0 saturated heterocycles. The Kier molecular flexibility index (Phi) is 4.34. The van der Waals surface area contributed by atoms with E-state index in [0.717, 1.165) is 28.0 Å². The summed E-state index contributed by atoms with van der Waals surface area (Å²) in [6.07, 6.45) is 2.27. The summed E-state index contributed by atoms with van der Waals surface area (Å²) in [5.74, 6) is 6.86. The minimum atomic E-state index is 0.642. The molecule has 0 atom stereocenters. The predicted molar refractivity (Wildman–Crippen MR) is 81.4 cm³/mol. The normalized spacial score (nSPS) is 10.3. The van der Waals surface area contributed by atoms with E-state index in [1.54, 1.807) is 0 Å². The van der Waals surface area contributed by atoms with E-state index in [9.17, 15) is 0 Å². The second-order valence-corrected chi connectivity index (χ2v) is 5.01. The number of aryl methyl sites for hydroxylation is 1. The SMILES string of the molecule is CCc1c(NN)ncnc1Nc1ccc(C)cc1Br. The van der Waals surface area contributed by atoms with Gasteiger partial charge in [-0.3, -0.25) is 0 Å². The van der Waals surface area contributed by atoms with Crippen LogP contribution in [-0.2, 0) is 6.42 Å². The Labute approximate surface area is 120 Å². The van der Waals surface area contributed by atoms with Gasteiger partial charge in [-0.2, -0.15) is 0 Å². The van der Waals surface area contributed by atoms with Crippen molar-refractivity contribution in [1.82, 2.24) is 9.97 Å². The van der Waals surface area contributed by atoms with Gasteiger partial charge in [-0.05, 0) is 47.0 Å². The number of hydrazine groups is 1. The fraction of sp³-hybridized carbons (Fsp3) is 0.231. The Hall–Kier alpha value is -1.66. The average molecular weight is 322 g/mol. The molecule has 100 valence electrons. The molecular formula is C13H16BrN5. The number of nitrogens with one attached hydrogen (secondary N) is 2. The second kappa shape index (κ2) is 5.99. The standard InChI is InChI=1S/C13H16BrN5/c1-3-9-12(16-7-17-13(9)19-15)18-11-5-4-8(2)6-10(11)14/h4-7H,3,15H2,1-2H3,(H2,16,17,18,19). The third-order valence-corrected chi connectivity index (χ3v) is 3.47. The van der Waals surface area contributed by atoms with E-state index in [-0.39, 0.29) is 0 Å². The molecule has 0 aliphatic heterocycles. The number of hydrogen-bond acceptors (Lipinski definition) is 5. The number of rotatable bonds is 4. The zero-order valence-corrected chi connectivity index (χ0v) is 12.5. The van der Waals surface area contributed by atoms with Crippen LogP contribution >= 0.6 is 15.9 Å². The van der Waals surface area contributed by atoms with Crippen LogP contribution in [0, 0.1) is 6.92 Å². The van der Waals surface area contributed by atoms with Gasteiger partial charge in [-0.1, -0.05) is 13.0 Å². The van der Waals surface area contributed by atoms with Gasteiger partial charge in [0.25, 0.3) is 0 Å². The molecule has 0 bridgehead atoms. The maximum absolute atomic E-state index is 5.46. The highest BCUT2D eigenvalue weighted by Crippen LogP contribution is 2.29. The Morgan fingerprint density at radius 1 is 1.26 bits per heavy atom. The number of anilines is 3. The zero-order valence-electron chi connectivity index (χ0n) is 10.9. The summed E-state index contributed by atoms with van der Waals surface area (Å²) in [6, 6.07) is 6.11. The van der Waals surface area contributed by atoms with Crippen LogP contribution in [-0.4, -0.2) is 9.97 Å². The molecule has 2 rings (SSSR count). The summed E-state index contributed by atoms with van der Waals surface area (Å²) in [5.41, 5.74) is 5.70.